The normalized spacial score (nSPS) is 10.9. The minimum atomic E-state index is -0.259. The summed E-state index contributed by atoms with van der Waals surface area (Å²) in [6.45, 7) is 0.0714. The summed E-state index contributed by atoms with van der Waals surface area (Å²) in [7, 11) is 0. The standard InChI is InChI=1S/C18H14N4O3S/c23-16-13-8-4-5-9-14(13)17(21-20-16)24-10-15-19-22-18(25-15)26-11-12-6-2-1-3-7-12/h1-9H,10-11H2,(H,20,23). The molecule has 130 valence electrons. The van der Waals surface area contributed by atoms with Gasteiger partial charge in [0.05, 0.1) is 10.8 Å². The van der Waals surface area contributed by atoms with Gasteiger partial charge in [0.15, 0.2) is 6.61 Å². The number of ether oxygens (including phenoxy) is 1. The SMILES string of the molecule is O=c1[nH]nc(OCc2nnc(SCc3ccccc3)o2)c2ccccc12. The number of H-pyrrole nitrogens is 1. The number of aromatic amines is 1. The molecular formula is C18H14N4O3S. The highest BCUT2D eigenvalue weighted by Gasteiger charge is 2.11. The zero-order chi connectivity index (χ0) is 17.8. The van der Waals surface area contributed by atoms with Crippen LogP contribution in [0.5, 0.6) is 5.88 Å². The Morgan fingerprint density at radius 1 is 1.00 bits per heavy atom. The predicted octanol–water partition coefficient (Wildman–Crippen LogP) is 3.18. The van der Waals surface area contributed by atoms with Crippen molar-refractivity contribution < 1.29 is 9.15 Å². The predicted molar refractivity (Wildman–Crippen MR) is 97.0 cm³/mol. The van der Waals surface area contributed by atoms with E-state index in [4.69, 9.17) is 9.15 Å². The van der Waals surface area contributed by atoms with Crippen molar-refractivity contribution in [2.45, 2.75) is 17.6 Å². The molecule has 4 aromatic rings. The van der Waals surface area contributed by atoms with Crippen molar-refractivity contribution in [2.75, 3.05) is 0 Å². The van der Waals surface area contributed by atoms with Crippen LogP contribution in [-0.2, 0) is 12.4 Å². The molecule has 26 heavy (non-hydrogen) atoms. The van der Waals surface area contributed by atoms with Crippen molar-refractivity contribution >= 4 is 22.5 Å². The molecule has 0 bridgehead atoms. The minimum Gasteiger partial charge on any atom is -0.466 e. The average Bonchev–Trinajstić information content (AvgIpc) is 3.15. The van der Waals surface area contributed by atoms with Gasteiger partial charge in [0.25, 0.3) is 16.7 Å². The summed E-state index contributed by atoms with van der Waals surface area (Å²) in [5.74, 6) is 1.41. The Kier molecular flexibility index (Phi) is 4.65. The van der Waals surface area contributed by atoms with Gasteiger partial charge in [-0.3, -0.25) is 4.79 Å². The highest BCUT2D eigenvalue weighted by molar-refractivity contribution is 7.98. The maximum Gasteiger partial charge on any atom is 0.277 e. The van der Waals surface area contributed by atoms with E-state index in [9.17, 15) is 4.79 Å². The zero-order valence-electron chi connectivity index (χ0n) is 13.6. The summed E-state index contributed by atoms with van der Waals surface area (Å²) in [6, 6.07) is 17.1. The molecule has 2 heterocycles. The topological polar surface area (TPSA) is 93.9 Å². The van der Waals surface area contributed by atoms with Gasteiger partial charge in [0.2, 0.25) is 5.88 Å². The van der Waals surface area contributed by atoms with Gasteiger partial charge < -0.3 is 9.15 Å². The Morgan fingerprint density at radius 2 is 1.77 bits per heavy atom. The highest BCUT2D eigenvalue weighted by atomic mass is 32.2. The molecule has 0 saturated carbocycles. The fourth-order valence-corrected chi connectivity index (χ4v) is 3.14. The summed E-state index contributed by atoms with van der Waals surface area (Å²) in [5, 5.41) is 16.0. The molecule has 1 N–H and O–H groups in total. The zero-order valence-corrected chi connectivity index (χ0v) is 14.4. The lowest BCUT2D eigenvalue weighted by Gasteiger charge is -2.05. The molecule has 2 aromatic heterocycles. The van der Waals surface area contributed by atoms with Crippen LogP contribution in [0, 0.1) is 0 Å². The van der Waals surface area contributed by atoms with Crippen LogP contribution in [0.15, 0.2) is 69.0 Å². The van der Waals surface area contributed by atoms with Crippen LogP contribution in [0.1, 0.15) is 11.5 Å². The van der Waals surface area contributed by atoms with Gasteiger partial charge in [-0.1, -0.05) is 54.2 Å². The monoisotopic (exact) mass is 366 g/mol. The van der Waals surface area contributed by atoms with Gasteiger partial charge in [-0.15, -0.1) is 15.3 Å². The maximum atomic E-state index is 11.8. The van der Waals surface area contributed by atoms with Crippen LogP contribution in [0.2, 0.25) is 0 Å². The van der Waals surface area contributed by atoms with E-state index in [1.54, 1.807) is 18.2 Å². The first-order chi connectivity index (χ1) is 12.8. The van der Waals surface area contributed by atoms with Gasteiger partial charge in [0, 0.05) is 5.75 Å². The molecule has 0 amide bonds. The summed E-state index contributed by atoms with van der Waals surface area (Å²) in [5.41, 5.74) is 0.919. The third-order valence-electron chi connectivity index (χ3n) is 3.65. The van der Waals surface area contributed by atoms with E-state index >= 15 is 0 Å². The van der Waals surface area contributed by atoms with Crippen molar-refractivity contribution in [3.8, 4) is 5.88 Å². The molecule has 0 aliphatic carbocycles. The average molecular weight is 366 g/mol. The molecule has 7 nitrogen and oxygen atoms in total. The van der Waals surface area contributed by atoms with Gasteiger partial charge in [-0.2, -0.15) is 0 Å². The van der Waals surface area contributed by atoms with Gasteiger partial charge >= 0.3 is 0 Å². The fraction of sp³-hybridized carbons (Fsp3) is 0.111. The number of nitrogens with zero attached hydrogens (tertiary/aromatic N) is 3. The van der Waals surface area contributed by atoms with E-state index in [1.165, 1.54) is 17.3 Å². The number of aromatic nitrogens is 4. The quantitative estimate of drug-likeness (QED) is 0.524. The summed E-state index contributed by atoms with van der Waals surface area (Å²) in [6.07, 6.45) is 0. The maximum absolute atomic E-state index is 11.8. The van der Waals surface area contributed by atoms with Crippen LogP contribution >= 0.6 is 11.8 Å². The summed E-state index contributed by atoms with van der Waals surface area (Å²) < 4.78 is 11.2. The Hall–Kier alpha value is -3.13. The van der Waals surface area contributed by atoms with Crippen molar-refractivity contribution in [2.24, 2.45) is 0 Å². The van der Waals surface area contributed by atoms with Gasteiger partial charge in [-0.05, 0) is 17.7 Å². The molecule has 0 aliphatic rings. The molecule has 0 fully saturated rings. The lowest BCUT2D eigenvalue weighted by Crippen LogP contribution is -2.10. The third kappa shape index (κ3) is 3.60. The Labute approximate surface area is 152 Å². The van der Waals surface area contributed by atoms with E-state index < -0.39 is 0 Å². The fourth-order valence-electron chi connectivity index (χ4n) is 2.40. The Balaban J connectivity index is 1.42. The second kappa shape index (κ2) is 7.40. The van der Waals surface area contributed by atoms with Crippen molar-refractivity contribution in [1.82, 2.24) is 20.4 Å². The van der Waals surface area contributed by atoms with E-state index in [0.29, 0.717) is 27.8 Å². The number of rotatable bonds is 6. The summed E-state index contributed by atoms with van der Waals surface area (Å²) in [4.78, 5) is 11.8. The second-order valence-corrected chi connectivity index (χ2v) is 6.35. The lowest BCUT2D eigenvalue weighted by molar-refractivity contribution is 0.244. The van der Waals surface area contributed by atoms with Crippen LogP contribution in [0.3, 0.4) is 0 Å². The third-order valence-corrected chi connectivity index (χ3v) is 4.54. The lowest BCUT2D eigenvalue weighted by atomic mass is 10.2. The Morgan fingerprint density at radius 3 is 2.62 bits per heavy atom. The van der Waals surface area contributed by atoms with Gasteiger partial charge in [0.1, 0.15) is 0 Å². The molecule has 0 atom stereocenters. The van der Waals surface area contributed by atoms with E-state index in [2.05, 4.69) is 20.4 Å². The first-order valence-electron chi connectivity index (χ1n) is 7.89. The van der Waals surface area contributed by atoms with Crippen molar-refractivity contribution in [3.63, 3.8) is 0 Å². The number of hydrogen-bond acceptors (Lipinski definition) is 7. The minimum absolute atomic E-state index is 0.0714. The molecule has 0 saturated heterocycles. The first kappa shape index (κ1) is 16.3. The molecule has 0 unspecified atom stereocenters. The molecular weight excluding hydrogens is 352 g/mol. The number of benzene rings is 2. The van der Waals surface area contributed by atoms with Crippen LogP contribution in [0.4, 0.5) is 0 Å². The van der Waals surface area contributed by atoms with Crippen molar-refractivity contribution in [3.05, 3.63) is 76.4 Å². The highest BCUT2D eigenvalue weighted by Crippen LogP contribution is 2.23. The van der Waals surface area contributed by atoms with E-state index in [1.807, 2.05) is 36.4 Å². The van der Waals surface area contributed by atoms with Gasteiger partial charge in [-0.25, -0.2) is 5.10 Å². The largest absolute Gasteiger partial charge is 0.466 e. The summed E-state index contributed by atoms with van der Waals surface area (Å²) >= 11 is 1.46. The first-order valence-corrected chi connectivity index (χ1v) is 8.87. The molecule has 4 rings (SSSR count). The van der Waals surface area contributed by atoms with E-state index in [-0.39, 0.29) is 12.2 Å². The van der Waals surface area contributed by atoms with Crippen LogP contribution < -0.4 is 10.3 Å². The van der Waals surface area contributed by atoms with Crippen molar-refractivity contribution in [1.29, 1.82) is 0 Å². The Bertz CT molecular complexity index is 1080. The molecule has 2 aromatic carbocycles. The number of nitrogens with one attached hydrogen (secondary N) is 1. The van der Waals surface area contributed by atoms with Crippen LogP contribution in [0.25, 0.3) is 10.8 Å². The van der Waals surface area contributed by atoms with E-state index in [0.717, 1.165) is 5.75 Å². The second-order valence-electron chi connectivity index (χ2n) is 5.43. The molecule has 8 heteroatoms. The molecule has 0 aliphatic heterocycles. The molecule has 0 spiro atoms. The smallest absolute Gasteiger partial charge is 0.277 e. The number of fused-ring (bicyclic) bond motifs is 1. The number of thioether (sulfide) groups is 1. The van der Waals surface area contributed by atoms with Crippen LogP contribution in [-0.4, -0.2) is 20.4 Å². The molecule has 0 radical (unpaired) electrons. The number of hydrogen-bond donors (Lipinski definition) is 1.